The summed E-state index contributed by atoms with van der Waals surface area (Å²) in [4.78, 5) is 38.4. The molecule has 0 aliphatic heterocycles. The van der Waals surface area contributed by atoms with Gasteiger partial charge < -0.3 is 14.2 Å². The van der Waals surface area contributed by atoms with Crippen LogP contribution in [0.2, 0.25) is 0 Å². The van der Waals surface area contributed by atoms with E-state index in [0.29, 0.717) is 19.3 Å². The van der Waals surface area contributed by atoms with Crippen LogP contribution in [0.15, 0.2) is 109 Å². The predicted octanol–water partition coefficient (Wildman–Crippen LogP) is 23.4. The molecule has 0 aliphatic rings. The highest BCUT2D eigenvalue weighted by atomic mass is 16.6. The van der Waals surface area contributed by atoms with Crippen molar-refractivity contribution in [3.63, 3.8) is 0 Å². The van der Waals surface area contributed by atoms with Crippen molar-refractivity contribution in [3.8, 4) is 0 Å². The maximum Gasteiger partial charge on any atom is 0.306 e. The van der Waals surface area contributed by atoms with Crippen LogP contribution >= 0.6 is 0 Å². The van der Waals surface area contributed by atoms with Crippen LogP contribution in [-0.2, 0) is 28.6 Å². The summed E-state index contributed by atoms with van der Waals surface area (Å²) >= 11 is 0. The molecular weight excluding hydrogens is 985 g/mol. The Morgan fingerprint density at radius 3 is 0.775 bits per heavy atom. The van der Waals surface area contributed by atoms with Crippen LogP contribution in [-0.4, -0.2) is 37.2 Å². The van der Waals surface area contributed by atoms with Crippen LogP contribution in [0.1, 0.15) is 323 Å². The van der Waals surface area contributed by atoms with Crippen molar-refractivity contribution in [3.05, 3.63) is 109 Å². The zero-order chi connectivity index (χ0) is 57.8. The van der Waals surface area contributed by atoms with Gasteiger partial charge in [0.1, 0.15) is 13.2 Å². The van der Waals surface area contributed by atoms with Gasteiger partial charge in [0.2, 0.25) is 0 Å². The fraction of sp³-hybridized carbons (Fsp3) is 0.716. The number of allylic oxidation sites excluding steroid dienone is 18. The van der Waals surface area contributed by atoms with E-state index < -0.39 is 6.10 Å². The molecule has 0 N–H and O–H groups in total. The number of hydrogen-bond donors (Lipinski definition) is 0. The highest BCUT2D eigenvalue weighted by Crippen LogP contribution is 2.16. The molecule has 0 radical (unpaired) electrons. The Hall–Kier alpha value is -3.93. The topological polar surface area (TPSA) is 78.9 Å². The maximum atomic E-state index is 12.9. The van der Waals surface area contributed by atoms with Crippen molar-refractivity contribution < 1.29 is 28.6 Å². The average Bonchev–Trinajstić information content (AvgIpc) is 3.46. The number of unbranched alkanes of at least 4 members (excludes halogenated alkanes) is 32. The lowest BCUT2D eigenvalue weighted by atomic mass is 10.0. The molecule has 0 heterocycles. The minimum Gasteiger partial charge on any atom is -0.462 e. The van der Waals surface area contributed by atoms with E-state index in [0.717, 1.165) is 135 Å². The molecule has 0 fully saturated rings. The van der Waals surface area contributed by atoms with Crippen molar-refractivity contribution >= 4 is 17.9 Å². The van der Waals surface area contributed by atoms with E-state index in [4.69, 9.17) is 14.2 Å². The molecule has 0 saturated heterocycles. The standard InChI is InChI=1S/C74H126O6/c1-4-7-10-13-16-19-22-25-28-30-31-32-33-34-35-36-37-38-39-40-41-42-43-44-47-49-52-55-58-61-64-67-73(76)79-70-71(69-78-72(75)66-63-60-57-54-51-48-45-27-24-21-18-15-12-9-6-3)80-74(77)68-65-62-59-56-53-50-46-29-26-23-20-17-14-11-8-5-2/h7,10,16,19,25,28-29,31-32,34-35,37-38,40-41,43-44,46,71H,4-6,8-9,11-15,17-18,20-24,26-27,30,33,36,39,42,45,47-70H2,1-3H3/b10-7-,19-16-,28-25-,32-31-,35-34-,38-37-,41-40-,44-43-,46-29-. The summed E-state index contributed by atoms with van der Waals surface area (Å²) in [5, 5.41) is 0. The van der Waals surface area contributed by atoms with Crippen molar-refractivity contribution in [2.24, 2.45) is 0 Å². The van der Waals surface area contributed by atoms with Crippen molar-refractivity contribution in [2.45, 2.75) is 329 Å². The Morgan fingerprint density at radius 2 is 0.487 bits per heavy atom. The Kier molecular flexibility index (Phi) is 64.3. The Labute approximate surface area is 495 Å². The van der Waals surface area contributed by atoms with Crippen molar-refractivity contribution in [1.82, 2.24) is 0 Å². The van der Waals surface area contributed by atoms with Gasteiger partial charge >= 0.3 is 17.9 Å². The molecule has 1 unspecified atom stereocenters. The Bertz CT molecular complexity index is 1610. The van der Waals surface area contributed by atoms with Gasteiger partial charge in [-0.3, -0.25) is 14.4 Å². The molecule has 458 valence electrons. The normalized spacial score (nSPS) is 12.8. The number of esters is 3. The summed E-state index contributed by atoms with van der Waals surface area (Å²) in [7, 11) is 0. The first-order valence-electron chi connectivity index (χ1n) is 33.9. The third-order valence-corrected chi connectivity index (χ3v) is 14.5. The summed E-state index contributed by atoms with van der Waals surface area (Å²) in [6.07, 6.45) is 92.4. The van der Waals surface area contributed by atoms with Gasteiger partial charge in [0.15, 0.2) is 6.10 Å². The molecule has 80 heavy (non-hydrogen) atoms. The molecule has 0 amide bonds. The number of ether oxygens (including phenoxy) is 3. The van der Waals surface area contributed by atoms with E-state index in [9.17, 15) is 14.4 Å². The molecule has 0 aromatic rings. The molecule has 6 nitrogen and oxygen atoms in total. The first-order valence-corrected chi connectivity index (χ1v) is 33.9. The molecule has 0 bridgehead atoms. The molecule has 6 heteroatoms. The van der Waals surface area contributed by atoms with Crippen LogP contribution < -0.4 is 0 Å². The summed E-state index contributed by atoms with van der Waals surface area (Å²) in [5.74, 6) is -0.895. The largest absolute Gasteiger partial charge is 0.462 e. The predicted molar refractivity (Wildman–Crippen MR) is 348 cm³/mol. The second-order valence-electron chi connectivity index (χ2n) is 22.4. The molecule has 0 rings (SSSR count). The lowest BCUT2D eigenvalue weighted by Gasteiger charge is -2.18. The van der Waals surface area contributed by atoms with Gasteiger partial charge in [-0.25, -0.2) is 0 Å². The number of hydrogen-bond acceptors (Lipinski definition) is 6. The molecule has 0 saturated carbocycles. The third-order valence-electron chi connectivity index (χ3n) is 14.5. The zero-order valence-corrected chi connectivity index (χ0v) is 52.6. The highest BCUT2D eigenvalue weighted by Gasteiger charge is 2.19. The summed E-state index contributed by atoms with van der Waals surface area (Å²) in [5.41, 5.74) is 0. The van der Waals surface area contributed by atoms with Crippen molar-refractivity contribution in [1.29, 1.82) is 0 Å². The molecule has 0 aromatic carbocycles. The van der Waals surface area contributed by atoms with Gasteiger partial charge in [0.05, 0.1) is 0 Å². The van der Waals surface area contributed by atoms with Crippen molar-refractivity contribution in [2.75, 3.05) is 13.2 Å². The first kappa shape index (κ1) is 76.1. The minimum absolute atomic E-state index is 0.0833. The second kappa shape index (κ2) is 67.6. The second-order valence-corrected chi connectivity index (χ2v) is 22.4. The van der Waals surface area contributed by atoms with Gasteiger partial charge in [-0.15, -0.1) is 0 Å². The smallest absolute Gasteiger partial charge is 0.306 e. The fourth-order valence-corrected chi connectivity index (χ4v) is 9.45. The molecule has 1 atom stereocenters. The average molecular weight is 1110 g/mol. The Morgan fingerprint density at radius 1 is 0.263 bits per heavy atom. The lowest BCUT2D eigenvalue weighted by molar-refractivity contribution is -0.167. The Balaban J connectivity index is 4.34. The third kappa shape index (κ3) is 64.9. The van der Waals surface area contributed by atoms with E-state index in [1.807, 2.05) is 0 Å². The van der Waals surface area contributed by atoms with Crippen LogP contribution in [0.5, 0.6) is 0 Å². The SMILES string of the molecule is CC/C=C\C/C=C\C/C=C\C/C=C\C/C=C\C/C=C\C/C=C\C/C=C\CCCCCCCCC(=O)OCC(COC(=O)CCCCCCCCCCCCCCCCC)OC(=O)CCCCCCC/C=C\CCCCCCCCC. The number of carbonyl (C=O) groups excluding carboxylic acids is 3. The number of rotatable bonds is 61. The van der Waals surface area contributed by atoms with Gasteiger partial charge in [0.25, 0.3) is 0 Å². The zero-order valence-electron chi connectivity index (χ0n) is 52.6. The van der Waals surface area contributed by atoms with E-state index in [2.05, 4.69) is 130 Å². The number of carbonyl (C=O) groups is 3. The van der Waals surface area contributed by atoms with E-state index in [1.54, 1.807) is 0 Å². The molecule has 0 aliphatic carbocycles. The fourth-order valence-electron chi connectivity index (χ4n) is 9.45. The monoisotopic (exact) mass is 1110 g/mol. The van der Waals surface area contributed by atoms with Gasteiger partial charge in [0, 0.05) is 19.3 Å². The molecule has 0 aromatic heterocycles. The highest BCUT2D eigenvalue weighted by molar-refractivity contribution is 5.71. The lowest BCUT2D eigenvalue weighted by Crippen LogP contribution is -2.30. The molecular formula is C74H126O6. The van der Waals surface area contributed by atoms with Crippen LogP contribution in [0, 0.1) is 0 Å². The summed E-state index contributed by atoms with van der Waals surface area (Å²) in [6, 6.07) is 0. The van der Waals surface area contributed by atoms with E-state index in [-0.39, 0.29) is 31.1 Å². The quantitative estimate of drug-likeness (QED) is 0.0261. The van der Waals surface area contributed by atoms with Crippen LogP contribution in [0.3, 0.4) is 0 Å². The van der Waals surface area contributed by atoms with E-state index >= 15 is 0 Å². The maximum absolute atomic E-state index is 12.9. The summed E-state index contributed by atoms with van der Waals surface area (Å²) < 4.78 is 16.9. The molecule has 0 spiro atoms. The summed E-state index contributed by atoms with van der Waals surface area (Å²) in [6.45, 7) is 6.54. The van der Waals surface area contributed by atoms with Crippen LogP contribution in [0.25, 0.3) is 0 Å². The van der Waals surface area contributed by atoms with E-state index in [1.165, 1.54) is 148 Å². The first-order chi connectivity index (χ1) is 39.5. The minimum atomic E-state index is -0.789. The van der Waals surface area contributed by atoms with Gasteiger partial charge in [-0.1, -0.05) is 304 Å². The van der Waals surface area contributed by atoms with Crippen LogP contribution in [0.4, 0.5) is 0 Å². The van der Waals surface area contributed by atoms with Gasteiger partial charge in [-0.05, 0) is 109 Å². The van der Waals surface area contributed by atoms with Gasteiger partial charge in [-0.2, -0.15) is 0 Å².